The Morgan fingerprint density at radius 1 is 0.880 bits per heavy atom. The zero-order valence-electron chi connectivity index (χ0n) is 15.8. The van der Waals surface area contributed by atoms with Gasteiger partial charge in [-0.3, -0.25) is 0 Å². The monoisotopic (exact) mass is 358 g/mol. The lowest BCUT2D eigenvalue weighted by Gasteiger charge is -2.35. The highest BCUT2D eigenvalue weighted by Crippen LogP contribution is 2.16. The van der Waals surface area contributed by atoms with Gasteiger partial charge in [0.05, 0.1) is 13.2 Å². The van der Waals surface area contributed by atoms with Gasteiger partial charge in [-0.25, -0.2) is 0 Å². The van der Waals surface area contributed by atoms with Crippen molar-refractivity contribution in [2.24, 2.45) is 0 Å². The molecule has 0 unspecified atom stereocenters. The Morgan fingerprint density at radius 3 is 2.20 bits per heavy atom. The van der Waals surface area contributed by atoms with Gasteiger partial charge < -0.3 is 24.8 Å². The third-order valence-corrected chi connectivity index (χ3v) is 4.69. The van der Waals surface area contributed by atoms with Crippen LogP contribution in [-0.4, -0.2) is 59.6 Å². The van der Waals surface area contributed by atoms with E-state index in [4.69, 9.17) is 9.47 Å². The molecule has 0 amide bonds. The molecule has 0 aromatic rings. The summed E-state index contributed by atoms with van der Waals surface area (Å²) >= 11 is 0. The van der Waals surface area contributed by atoms with Gasteiger partial charge >= 0.3 is 0 Å². The van der Waals surface area contributed by atoms with E-state index in [-0.39, 0.29) is 13.2 Å². The molecule has 1 rings (SSSR count). The fourth-order valence-corrected chi connectivity index (χ4v) is 2.96. The van der Waals surface area contributed by atoms with E-state index in [2.05, 4.69) is 19.1 Å². The fourth-order valence-electron chi connectivity index (χ4n) is 2.96. The van der Waals surface area contributed by atoms with Crippen LogP contribution in [0.2, 0.25) is 0 Å². The van der Waals surface area contributed by atoms with Crippen LogP contribution < -0.4 is 0 Å². The van der Waals surface area contributed by atoms with Crippen molar-refractivity contribution in [2.45, 2.75) is 95.5 Å². The van der Waals surface area contributed by atoms with Crippen molar-refractivity contribution in [2.75, 3.05) is 19.8 Å². The molecule has 1 saturated heterocycles. The molecule has 1 aliphatic rings. The minimum atomic E-state index is -1.15. The standard InChI is InChI=1S/C20H38O5/c1-2-3-4-5-6-7-8-9-10-11-12-13-14-24-16-18-20(23)19(22)17(21)15-25-18/h8-9,17-23H,2-7,10-16H2,1H3/b9-8+/t17-,18+,19+,20+/m0/s1. The fraction of sp³-hybridized carbons (Fsp3) is 0.900. The van der Waals surface area contributed by atoms with E-state index in [1.54, 1.807) is 0 Å². The van der Waals surface area contributed by atoms with Gasteiger partial charge in [-0.05, 0) is 32.1 Å². The van der Waals surface area contributed by atoms with Crippen molar-refractivity contribution in [3.63, 3.8) is 0 Å². The zero-order chi connectivity index (χ0) is 18.3. The molecule has 4 atom stereocenters. The summed E-state index contributed by atoms with van der Waals surface area (Å²) in [5.41, 5.74) is 0. The molecule has 148 valence electrons. The Balaban J connectivity index is 1.87. The second-order valence-corrected chi connectivity index (χ2v) is 7.02. The molecule has 1 fully saturated rings. The highest BCUT2D eigenvalue weighted by Gasteiger charge is 2.37. The van der Waals surface area contributed by atoms with Gasteiger partial charge in [-0.1, -0.05) is 51.2 Å². The Morgan fingerprint density at radius 2 is 1.52 bits per heavy atom. The number of rotatable bonds is 14. The third-order valence-electron chi connectivity index (χ3n) is 4.69. The first-order valence-corrected chi connectivity index (χ1v) is 10.0. The lowest BCUT2D eigenvalue weighted by Crippen LogP contribution is -2.54. The van der Waals surface area contributed by atoms with Gasteiger partial charge in [0.25, 0.3) is 0 Å². The molecule has 5 heteroatoms. The summed E-state index contributed by atoms with van der Waals surface area (Å²) in [6.07, 6.45) is 13.1. The summed E-state index contributed by atoms with van der Waals surface area (Å²) in [7, 11) is 0. The van der Waals surface area contributed by atoms with Crippen LogP contribution in [0.4, 0.5) is 0 Å². The maximum atomic E-state index is 9.79. The molecule has 0 spiro atoms. The molecule has 0 aliphatic carbocycles. The smallest absolute Gasteiger partial charge is 0.111 e. The van der Waals surface area contributed by atoms with Crippen LogP contribution in [0.5, 0.6) is 0 Å². The molecule has 25 heavy (non-hydrogen) atoms. The van der Waals surface area contributed by atoms with Crippen LogP contribution in [0.3, 0.4) is 0 Å². The van der Waals surface area contributed by atoms with E-state index in [9.17, 15) is 15.3 Å². The quantitative estimate of drug-likeness (QED) is 0.329. The van der Waals surface area contributed by atoms with Gasteiger partial charge in [0.15, 0.2) is 0 Å². The van der Waals surface area contributed by atoms with E-state index >= 15 is 0 Å². The lowest BCUT2D eigenvalue weighted by atomic mass is 10.0. The highest BCUT2D eigenvalue weighted by molar-refractivity contribution is 4.86. The molecular formula is C20H38O5. The predicted octanol–water partition coefficient (Wildman–Crippen LogP) is 2.96. The topological polar surface area (TPSA) is 79.2 Å². The summed E-state index contributed by atoms with van der Waals surface area (Å²) in [4.78, 5) is 0. The SMILES string of the molecule is CCCCCCC/C=C/CCCCCOC[C@H]1OC[C@H](O)[C@@H](O)[C@@H]1O. The third kappa shape index (κ3) is 10.3. The molecule has 0 radical (unpaired) electrons. The van der Waals surface area contributed by atoms with Gasteiger partial charge in [0, 0.05) is 6.61 Å². The molecule has 0 aromatic heterocycles. The average molecular weight is 359 g/mol. The molecule has 0 bridgehead atoms. The Kier molecular flexibility index (Phi) is 13.3. The Labute approximate surface area is 153 Å². The molecular weight excluding hydrogens is 320 g/mol. The molecule has 5 nitrogen and oxygen atoms in total. The number of hydrogen-bond donors (Lipinski definition) is 3. The van der Waals surface area contributed by atoms with Crippen LogP contribution in [0, 0.1) is 0 Å². The van der Waals surface area contributed by atoms with E-state index in [1.807, 2.05) is 0 Å². The Bertz CT molecular complexity index is 334. The van der Waals surface area contributed by atoms with Crippen LogP contribution >= 0.6 is 0 Å². The summed E-state index contributed by atoms with van der Waals surface area (Å²) in [5.74, 6) is 0. The van der Waals surface area contributed by atoms with Crippen molar-refractivity contribution in [1.29, 1.82) is 0 Å². The summed E-state index contributed by atoms with van der Waals surface area (Å²) < 4.78 is 10.8. The van der Waals surface area contributed by atoms with E-state index in [1.165, 1.54) is 44.9 Å². The first-order valence-electron chi connectivity index (χ1n) is 10.0. The van der Waals surface area contributed by atoms with Crippen molar-refractivity contribution in [1.82, 2.24) is 0 Å². The second kappa shape index (κ2) is 14.7. The summed E-state index contributed by atoms with van der Waals surface area (Å²) in [6, 6.07) is 0. The summed E-state index contributed by atoms with van der Waals surface area (Å²) in [5, 5.41) is 28.8. The Hall–Kier alpha value is -0.460. The molecule has 0 aromatic carbocycles. The molecule has 1 heterocycles. The highest BCUT2D eigenvalue weighted by atomic mass is 16.6. The average Bonchev–Trinajstić information content (AvgIpc) is 2.61. The lowest BCUT2D eigenvalue weighted by molar-refractivity contribution is -0.199. The predicted molar refractivity (Wildman–Crippen MR) is 99.6 cm³/mol. The zero-order valence-corrected chi connectivity index (χ0v) is 15.8. The van der Waals surface area contributed by atoms with Crippen molar-refractivity contribution in [3.8, 4) is 0 Å². The first-order chi connectivity index (χ1) is 12.2. The van der Waals surface area contributed by atoms with E-state index < -0.39 is 24.4 Å². The van der Waals surface area contributed by atoms with Crippen LogP contribution in [0.25, 0.3) is 0 Å². The number of allylic oxidation sites excluding steroid dienone is 2. The van der Waals surface area contributed by atoms with Gasteiger partial charge in [0.1, 0.15) is 24.4 Å². The maximum Gasteiger partial charge on any atom is 0.111 e. The molecule has 0 saturated carbocycles. The van der Waals surface area contributed by atoms with Crippen molar-refractivity contribution >= 4 is 0 Å². The van der Waals surface area contributed by atoms with Crippen LogP contribution in [0.15, 0.2) is 12.2 Å². The molecule has 1 aliphatic heterocycles. The summed E-state index contributed by atoms with van der Waals surface area (Å²) in [6.45, 7) is 3.17. The largest absolute Gasteiger partial charge is 0.388 e. The number of unbranched alkanes of at least 4 members (excludes halogenated alkanes) is 8. The minimum absolute atomic E-state index is 0.0389. The number of hydrogen-bond acceptors (Lipinski definition) is 5. The van der Waals surface area contributed by atoms with Crippen molar-refractivity contribution in [3.05, 3.63) is 12.2 Å². The maximum absolute atomic E-state index is 9.79. The van der Waals surface area contributed by atoms with Gasteiger partial charge in [0.2, 0.25) is 0 Å². The second-order valence-electron chi connectivity index (χ2n) is 7.02. The number of aliphatic hydroxyl groups excluding tert-OH is 3. The van der Waals surface area contributed by atoms with E-state index in [0.29, 0.717) is 6.61 Å². The molecule has 3 N–H and O–H groups in total. The minimum Gasteiger partial charge on any atom is -0.388 e. The van der Waals surface area contributed by atoms with E-state index in [0.717, 1.165) is 19.3 Å². The van der Waals surface area contributed by atoms with Crippen LogP contribution in [-0.2, 0) is 9.47 Å². The van der Waals surface area contributed by atoms with Crippen molar-refractivity contribution < 1.29 is 24.8 Å². The van der Waals surface area contributed by atoms with Gasteiger partial charge in [-0.15, -0.1) is 0 Å². The number of ether oxygens (including phenoxy) is 2. The van der Waals surface area contributed by atoms with Crippen LogP contribution in [0.1, 0.15) is 71.1 Å². The first kappa shape index (κ1) is 22.6. The number of aliphatic hydroxyl groups is 3. The normalized spacial score (nSPS) is 27.2. The van der Waals surface area contributed by atoms with Gasteiger partial charge in [-0.2, -0.15) is 0 Å².